The molecule has 0 saturated carbocycles. The van der Waals surface area contributed by atoms with Crippen LogP contribution in [0.5, 0.6) is 0 Å². The highest BCUT2D eigenvalue weighted by atomic mass is 79.9. The number of nitrogens with zero attached hydrogens (tertiary/aromatic N) is 4. The molecule has 0 atom stereocenters. The van der Waals surface area contributed by atoms with E-state index in [0.29, 0.717) is 17.1 Å². The number of pyridine rings is 1. The van der Waals surface area contributed by atoms with Crippen LogP contribution in [0.3, 0.4) is 0 Å². The highest BCUT2D eigenvalue weighted by Gasteiger charge is 2.18. The number of rotatable bonds is 5. The van der Waals surface area contributed by atoms with Gasteiger partial charge in [0.1, 0.15) is 5.03 Å². The number of aromatic nitrogens is 3. The third-order valence-corrected chi connectivity index (χ3v) is 5.11. The zero-order valence-electron chi connectivity index (χ0n) is 13.9. The van der Waals surface area contributed by atoms with E-state index in [4.69, 9.17) is 0 Å². The van der Waals surface area contributed by atoms with Crippen LogP contribution in [0.4, 0.5) is 0 Å². The standard InChI is InChI=1S/C18H17BrN4OS/c1-22(11-13-10-21-23(2)12-13)18(24)16-4-3-9-20-17(16)25-15-7-5-14(19)6-8-15/h3-10,12H,11H2,1-2H3. The number of carbonyl (C=O) groups is 1. The highest BCUT2D eigenvalue weighted by molar-refractivity contribution is 9.10. The Labute approximate surface area is 159 Å². The normalized spacial score (nSPS) is 10.7. The molecule has 0 aliphatic carbocycles. The van der Waals surface area contributed by atoms with Gasteiger partial charge < -0.3 is 4.90 Å². The SMILES string of the molecule is CN(Cc1cnn(C)c1)C(=O)c1cccnc1Sc1ccc(Br)cc1. The summed E-state index contributed by atoms with van der Waals surface area (Å²) in [5.74, 6) is -0.0587. The summed E-state index contributed by atoms with van der Waals surface area (Å²) in [5, 5.41) is 4.84. The van der Waals surface area contributed by atoms with Gasteiger partial charge >= 0.3 is 0 Å². The van der Waals surface area contributed by atoms with Crippen molar-refractivity contribution in [2.24, 2.45) is 7.05 Å². The van der Waals surface area contributed by atoms with Crippen molar-refractivity contribution in [1.82, 2.24) is 19.7 Å². The second kappa shape index (κ2) is 7.84. The molecule has 0 bridgehead atoms. The van der Waals surface area contributed by atoms with Gasteiger partial charge in [-0.2, -0.15) is 5.10 Å². The molecule has 2 aromatic heterocycles. The highest BCUT2D eigenvalue weighted by Crippen LogP contribution is 2.30. The summed E-state index contributed by atoms with van der Waals surface area (Å²) >= 11 is 4.91. The van der Waals surface area contributed by atoms with Crippen molar-refractivity contribution in [2.45, 2.75) is 16.5 Å². The van der Waals surface area contributed by atoms with E-state index in [1.165, 1.54) is 11.8 Å². The maximum atomic E-state index is 12.9. The minimum Gasteiger partial charge on any atom is -0.337 e. The van der Waals surface area contributed by atoms with E-state index < -0.39 is 0 Å². The summed E-state index contributed by atoms with van der Waals surface area (Å²) in [6, 6.07) is 11.5. The molecule has 1 aromatic carbocycles. The van der Waals surface area contributed by atoms with Crippen LogP contribution in [0.1, 0.15) is 15.9 Å². The first-order chi connectivity index (χ1) is 12.0. The lowest BCUT2D eigenvalue weighted by atomic mass is 10.2. The summed E-state index contributed by atoms with van der Waals surface area (Å²) < 4.78 is 2.75. The molecule has 0 aliphatic rings. The van der Waals surface area contributed by atoms with Gasteiger partial charge in [0, 0.05) is 48.0 Å². The third-order valence-electron chi connectivity index (χ3n) is 3.55. The van der Waals surface area contributed by atoms with Crippen molar-refractivity contribution < 1.29 is 4.79 Å². The molecule has 1 amide bonds. The monoisotopic (exact) mass is 416 g/mol. The molecule has 25 heavy (non-hydrogen) atoms. The van der Waals surface area contributed by atoms with Crippen molar-refractivity contribution in [3.63, 3.8) is 0 Å². The van der Waals surface area contributed by atoms with Crippen molar-refractivity contribution in [3.8, 4) is 0 Å². The van der Waals surface area contributed by atoms with Gasteiger partial charge in [0.2, 0.25) is 0 Å². The van der Waals surface area contributed by atoms with Gasteiger partial charge in [-0.15, -0.1) is 0 Å². The van der Waals surface area contributed by atoms with Crippen molar-refractivity contribution >= 4 is 33.6 Å². The molecular formula is C18H17BrN4OS. The van der Waals surface area contributed by atoms with Crippen molar-refractivity contribution in [1.29, 1.82) is 0 Å². The minimum atomic E-state index is -0.0587. The topological polar surface area (TPSA) is 51.0 Å². The van der Waals surface area contributed by atoms with Gasteiger partial charge in [-0.1, -0.05) is 27.7 Å². The largest absolute Gasteiger partial charge is 0.337 e. The molecule has 128 valence electrons. The van der Waals surface area contributed by atoms with E-state index in [1.807, 2.05) is 43.6 Å². The Balaban J connectivity index is 1.79. The molecule has 5 nitrogen and oxygen atoms in total. The van der Waals surface area contributed by atoms with Gasteiger partial charge in [0.15, 0.2) is 0 Å². The molecule has 0 radical (unpaired) electrons. The number of carbonyl (C=O) groups excluding carboxylic acids is 1. The first kappa shape index (κ1) is 17.7. The van der Waals surface area contributed by atoms with Crippen molar-refractivity contribution in [2.75, 3.05) is 7.05 Å². The van der Waals surface area contributed by atoms with E-state index in [1.54, 1.807) is 35.1 Å². The van der Waals surface area contributed by atoms with Crippen LogP contribution < -0.4 is 0 Å². The van der Waals surface area contributed by atoms with E-state index in [-0.39, 0.29) is 5.91 Å². The van der Waals surface area contributed by atoms with Crippen LogP contribution in [0.2, 0.25) is 0 Å². The fraction of sp³-hybridized carbons (Fsp3) is 0.167. The Bertz CT molecular complexity index is 879. The van der Waals surface area contributed by atoms with Crippen LogP contribution in [0.25, 0.3) is 0 Å². The van der Waals surface area contributed by atoms with E-state index in [0.717, 1.165) is 14.9 Å². The lowest BCUT2D eigenvalue weighted by Crippen LogP contribution is -2.26. The van der Waals surface area contributed by atoms with Gasteiger partial charge in [0.05, 0.1) is 11.8 Å². The van der Waals surface area contributed by atoms with Crippen LogP contribution in [0, 0.1) is 0 Å². The fourth-order valence-corrected chi connectivity index (χ4v) is 3.49. The quantitative estimate of drug-likeness (QED) is 0.630. The van der Waals surface area contributed by atoms with Crippen LogP contribution in [0.15, 0.2) is 69.4 Å². The maximum Gasteiger partial charge on any atom is 0.256 e. The molecule has 0 saturated heterocycles. The molecule has 3 rings (SSSR count). The first-order valence-corrected chi connectivity index (χ1v) is 9.25. The molecule has 3 aromatic rings. The molecule has 0 aliphatic heterocycles. The second-order valence-electron chi connectivity index (χ2n) is 5.60. The van der Waals surface area contributed by atoms with Gasteiger partial charge in [-0.05, 0) is 36.4 Å². The minimum absolute atomic E-state index is 0.0587. The number of hydrogen-bond donors (Lipinski definition) is 0. The summed E-state index contributed by atoms with van der Waals surface area (Å²) in [7, 11) is 3.65. The van der Waals surface area contributed by atoms with Crippen LogP contribution >= 0.6 is 27.7 Å². The Hall–Kier alpha value is -2.12. The Morgan fingerprint density at radius 3 is 2.72 bits per heavy atom. The predicted octanol–water partition coefficient (Wildman–Crippen LogP) is 4.00. The van der Waals surface area contributed by atoms with E-state index >= 15 is 0 Å². The van der Waals surface area contributed by atoms with Crippen LogP contribution in [-0.2, 0) is 13.6 Å². The second-order valence-corrected chi connectivity index (χ2v) is 7.57. The molecule has 0 spiro atoms. The molecule has 7 heteroatoms. The first-order valence-electron chi connectivity index (χ1n) is 7.64. The lowest BCUT2D eigenvalue weighted by Gasteiger charge is -2.17. The molecule has 0 N–H and O–H groups in total. The zero-order chi connectivity index (χ0) is 17.8. The maximum absolute atomic E-state index is 12.9. The lowest BCUT2D eigenvalue weighted by molar-refractivity contribution is 0.0781. The number of amides is 1. The zero-order valence-corrected chi connectivity index (χ0v) is 16.3. The average Bonchev–Trinajstić information content (AvgIpc) is 3.01. The predicted molar refractivity (Wildman–Crippen MR) is 102 cm³/mol. The molecule has 2 heterocycles. The van der Waals surface area contributed by atoms with Crippen molar-refractivity contribution in [3.05, 3.63) is 70.6 Å². The summed E-state index contributed by atoms with van der Waals surface area (Å²) in [4.78, 5) is 20.0. The summed E-state index contributed by atoms with van der Waals surface area (Å²) in [5.41, 5.74) is 1.59. The van der Waals surface area contributed by atoms with Gasteiger partial charge in [0.25, 0.3) is 5.91 Å². The Morgan fingerprint density at radius 2 is 2.04 bits per heavy atom. The number of hydrogen-bond acceptors (Lipinski definition) is 4. The van der Waals surface area contributed by atoms with E-state index in [9.17, 15) is 4.79 Å². The van der Waals surface area contributed by atoms with Crippen LogP contribution in [-0.4, -0.2) is 32.6 Å². The molecule has 0 unspecified atom stereocenters. The average molecular weight is 417 g/mol. The number of aryl methyl sites for hydroxylation is 1. The summed E-state index contributed by atoms with van der Waals surface area (Å²) in [6.07, 6.45) is 5.38. The number of halogens is 1. The smallest absolute Gasteiger partial charge is 0.256 e. The Kier molecular flexibility index (Phi) is 5.55. The third kappa shape index (κ3) is 4.49. The van der Waals surface area contributed by atoms with Gasteiger partial charge in [-0.3, -0.25) is 9.48 Å². The Morgan fingerprint density at radius 1 is 1.28 bits per heavy atom. The fourth-order valence-electron chi connectivity index (χ4n) is 2.35. The summed E-state index contributed by atoms with van der Waals surface area (Å²) in [6.45, 7) is 0.504. The van der Waals surface area contributed by atoms with Gasteiger partial charge in [-0.25, -0.2) is 4.98 Å². The molecular weight excluding hydrogens is 400 g/mol. The molecule has 0 fully saturated rings. The van der Waals surface area contributed by atoms with E-state index in [2.05, 4.69) is 26.0 Å². The number of benzene rings is 1.